The lowest BCUT2D eigenvalue weighted by atomic mass is 9.87. The van der Waals surface area contributed by atoms with Crippen LogP contribution in [0.4, 0.5) is 0 Å². The van der Waals surface area contributed by atoms with Gasteiger partial charge in [0.2, 0.25) is 0 Å². The highest BCUT2D eigenvalue weighted by Gasteiger charge is 2.15. The Hall–Kier alpha value is -2.34. The Kier molecular flexibility index (Phi) is 6.42. The van der Waals surface area contributed by atoms with Crippen LogP contribution in [-0.4, -0.2) is 23.3 Å². The number of phenolic OH excluding ortho intramolecular Hbond substituents is 1. The van der Waals surface area contributed by atoms with Gasteiger partial charge in [0.15, 0.2) is 6.61 Å². The molecule has 0 heterocycles. The number of carbonyl (C=O) groups excluding carboxylic acids is 1. The van der Waals surface area contributed by atoms with Gasteiger partial charge in [0, 0.05) is 0 Å². The van der Waals surface area contributed by atoms with E-state index in [4.69, 9.17) is 4.74 Å². The Morgan fingerprint density at radius 1 is 1.19 bits per heavy atom. The molecule has 0 saturated carbocycles. The maximum atomic E-state index is 11.9. The van der Waals surface area contributed by atoms with Crippen LogP contribution in [0.5, 0.6) is 11.5 Å². The topological polar surface area (TPSA) is 70.9 Å². The monoisotopic (exact) mass is 418 g/mol. The minimum Gasteiger partial charge on any atom is -0.508 e. The number of nitrogens with zero attached hydrogens (tertiary/aromatic N) is 1. The molecule has 2 aromatic rings. The van der Waals surface area contributed by atoms with Crippen molar-refractivity contribution in [2.75, 3.05) is 6.61 Å². The molecule has 26 heavy (non-hydrogen) atoms. The number of hydrazone groups is 1. The van der Waals surface area contributed by atoms with Gasteiger partial charge in [-0.1, -0.05) is 26.8 Å². The molecule has 2 N–H and O–H groups in total. The standard InChI is InChI=1S/C20H23BrN2O3/c1-13(14-5-8-16(24)9-6-14)22-23-19(25)12-26-18-10-7-15(11-17(18)21)20(2,3)4/h5-11,24H,12H2,1-4H3,(H,23,25)/b22-13+. The van der Waals surface area contributed by atoms with Crippen LogP contribution >= 0.6 is 15.9 Å². The minimum atomic E-state index is -0.352. The first-order valence-corrected chi connectivity index (χ1v) is 9.01. The average molecular weight is 419 g/mol. The predicted octanol–water partition coefficient (Wildman–Crippen LogP) is 4.37. The van der Waals surface area contributed by atoms with Crippen molar-refractivity contribution < 1.29 is 14.6 Å². The Bertz CT molecular complexity index is 809. The van der Waals surface area contributed by atoms with Gasteiger partial charge >= 0.3 is 0 Å². The molecule has 0 spiro atoms. The number of nitrogens with one attached hydrogen (secondary N) is 1. The second-order valence-electron chi connectivity index (χ2n) is 6.96. The number of hydrogen-bond acceptors (Lipinski definition) is 4. The van der Waals surface area contributed by atoms with Crippen LogP contribution in [0.15, 0.2) is 52.0 Å². The molecule has 0 radical (unpaired) electrons. The number of halogens is 1. The van der Waals surface area contributed by atoms with Crippen LogP contribution in [0.1, 0.15) is 38.8 Å². The number of hydrogen-bond donors (Lipinski definition) is 2. The largest absolute Gasteiger partial charge is 0.508 e. The van der Waals surface area contributed by atoms with E-state index in [0.717, 1.165) is 10.0 Å². The molecule has 5 nitrogen and oxygen atoms in total. The molecule has 6 heteroatoms. The molecule has 0 unspecified atom stereocenters. The number of carbonyl (C=O) groups is 1. The quantitative estimate of drug-likeness (QED) is 0.559. The SMILES string of the molecule is C/C(=N\NC(=O)COc1ccc(C(C)(C)C)cc1Br)c1ccc(O)cc1. The maximum absolute atomic E-state index is 11.9. The van der Waals surface area contributed by atoms with Crippen molar-refractivity contribution in [2.24, 2.45) is 5.10 Å². The zero-order chi connectivity index (χ0) is 19.3. The van der Waals surface area contributed by atoms with Crippen LogP contribution in [0, 0.1) is 0 Å². The third kappa shape index (κ3) is 5.59. The van der Waals surface area contributed by atoms with Crippen LogP contribution in [0.25, 0.3) is 0 Å². The molecule has 138 valence electrons. The lowest BCUT2D eigenvalue weighted by Crippen LogP contribution is -2.25. The van der Waals surface area contributed by atoms with Crippen LogP contribution < -0.4 is 10.2 Å². The number of phenols is 1. The van der Waals surface area contributed by atoms with Gasteiger partial charge < -0.3 is 9.84 Å². The summed E-state index contributed by atoms with van der Waals surface area (Å²) in [5.41, 5.74) is 5.13. The molecule has 2 rings (SSSR count). The van der Waals surface area contributed by atoms with Gasteiger partial charge in [-0.25, -0.2) is 5.43 Å². The Balaban J connectivity index is 1.92. The van der Waals surface area contributed by atoms with Gasteiger partial charge in [-0.3, -0.25) is 4.79 Å². The van der Waals surface area contributed by atoms with Crippen molar-refractivity contribution in [3.8, 4) is 11.5 Å². The summed E-state index contributed by atoms with van der Waals surface area (Å²) in [6.07, 6.45) is 0. The average Bonchev–Trinajstić information content (AvgIpc) is 2.58. The highest BCUT2D eigenvalue weighted by molar-refractivity contribution is 9.10. The molecule has 0 saturated heterocycles. The third-order valence-corrected chi connectivity index (χ3v) is 4.41. The molecule has 0 bridgehead atoms. The highest BCUT2D eigenvalue weighted by Crippen LogP contribution is 2.31. The van der Waals surface area contributed by atoms with E-state index in [1.54, 1.807) is 31.2 Å². The molecule has 2 aromatic carbocycles. The van der Waals surface area contributed by atoms with Crippen molar-refractivity contribution in [3.05, 3.63) is 58.1 Å². The van der Waals surface area contributed by atoms with E-state index < -0.39 is 0 Å². The molecule has 0 aromatic heterocycles. The zero-order valence-corrected chi connectivity index (χ0v) is 16.9. The number of rotatable bonds is 5. The summed E-state index contributed by atoms with van der Waals surface area (Å²) in [6, 6.07) is 12.4. The lowest BCUT2D eigenvalue weighted by molar-refractivity contribution is -0.123. The maximum Gasteiger partial charge on any atom is 0.277 e. The molecule has 0 fully saturated rings. The van der Waals surface area contributed by atoms with Gasteiger partial charge in [-0.15, -0.1) is 0 Å². The van der Waals surface area contributed by atoms with Crippen molar-refractivity contribution in [3.63, 3.8) is 0 Å². The normalized spacial score (nSPS) is 12.0. The van der Waals surface area contributed by atoms with Gasteiger partial charge in [0.1, 0.15) is 11.5 Å². The van der Waals surface area contributed by atoms with Crippen molar-refractivity contribution in [2.45, 2.75) is 33.1 Å². The minimum absolute atomic E-state index is 0.0406. The summed E-state index contributed by atoms with van der Waals surface area (Å²) in [4.78, 5) is 11.9. The van der Waals surface area contributed by atoms with E-state index in [1.807, 2.05) is 18.2 Å². The predicted molar refractivity (Wildman–Crippen MR) is 107 cm³/mol. The summed E-state index contributed by atoms with van der Waals surface area (Å²) >= 11 is 3.48. The van der Waals surface area contributed by atoms with Gasteiger partial charge in [0.05, 0.1) is 10.2 Å². The Morgan fingerprint density at radius 3 is 2.42 bits per heavy atom. The smallest absolute Gasteiger partial charge is 0.277 e. The molecule has 1 amide bonds. The number of aromatic hydroxyl groups is 1. The Morgan fingerprint density at radius 2 is 1.85 bits per heavy atom. The Labute approximate surface area is 162 Å². The third-order valence-electron chi connectivity index (χ3n) is 3.79. The van der Waals surface area contributed by atoms with Crippen molar-refractivity contribution >= 4 is 27.5 Å². The molecular weight excluding hydrogens is 396 g/mol. The van der Waals surface area contributed by atoms with E-state index >= 15 is 0 Å². The van der Waals surface area contributed by atoms with Gasteiger partial charge in [-0.2, -0.15) is 5.10 Å². The molecule has 0 atom stereocenters. The fourth-order valence-electron chi connectivity index (χ4n) is 2.17. The fourth-order valence-corrected chi connectivity index (χ4v) is 2.67. The molecule has 0 aliphatic carbocycles. The first kappa shape index (κ1) is 20.0. The van der Waals surface area contributed by atoms with E-state index in [1.165, 1.54) is 5.56 Å². The second-order valence-corrected chi connectivity index (χ2v) is 7.82. The van der Waals surface area contributed by atoms with Gasteiger partial charge in [-0.05, 0) is 75.8 Å². The molecule has 0 aliphatic heterocycles. The second kappa shape index (κ2) is 8.36. The first-order valence-electron chi connectivity index (χ1n) is 8.22. The van der Waals surface area contributed by atoms with Gasteiger partial charge in [0.25, 0.3) is 5.91 Å². The van der Waals surface area contributed by atoms with Crippen molar-refractivity contribution in [1.82, 2.24) is 5.43 Å². The van der Waals surface area contributed by atoms with E-state index in [2.05, 4.69) is 47.2 Å². The van der Waals surface area contributed by atoms with Crippen LogP contribution in [0.2, 0.25) is 0 Å². The van der Waals surface area contributed by atoms with E-state index in [9.17, 15) is 9.90 Å². The summed E-state index contributed by atoms with van der Waals surface area (Å²) in [5.74, 6) is 0.435. The fraction of sp³-hybridized carbons (Fsp3) is 0.300. The summed E-state index contributed by atoms with van der Waals surface area (Å²) in [5, 5.41) is 13.3. The summed E-state index contributed by atoms with van der Waals surface area (Å²) in [7, 11) is 0. The number of benzene rings is 2. The molecule has 0 aliphatic rings. The van der Waals surface area contributed by atoms with Crippen LogP contribution in [-0.2, 0) is 10.2 Å². The van der Waals surface area contributed by atoms with Crippen molar-refractivity contribution in [1.29, 1.82) is 0 Å². The summed E-state index contributed by atoms with van der Waals surface area (Å²) < 4.78 is 6.37. The van der Waals surface area contributed by atoms with E-state index in [0.29, 0.717) is 11.5 Å². The molecular formula is C20H23BrN2O3. The lowest BCUT2D eigenvalue weighted by Gasteiger charge is -2.20. The van der Waals surface area contributed by atoms with Crippen LogP contribution in [0.3, 0.4) is 0 Å². The zero-order valence-electron chi connectivity index (χ0n) is 15.3. The first-order chi connectivity index (χ1) is 12.2. The number of amides is 1. The van der Waals surface area contributed by atoms with E-state index in [-0.39, 0.29) is 23.7 Å². The number of ether oxygens (including phenoxy) is 1. The summed E-state index contributed by atoms with van der Waals surface area (Å²) in [6.45, 7) is 8.04. The highest BCUT2D eigenvalue weighted by atomic mass is 79.9.